The summed E-state index contributed by atoms with van der Waals surface area (Å²) in [6, 6.07) is 18.1. The molecule has 1 heterocycles. The largest absolute Gasteiger partial charge is 0.497 e. The molecule has 0 unspecified atom stereocenters. The number of hydrogen-bond acceptors (Lipinski definition) is 2. The molecule has 108 valence electrons. The van der Waals surface area contributed by atoms with Crippen LogP contribution in [-0.4, -0.2) is 19.6 Å². The van der Waals surface area contributed by atoms with Crippen LogP contribution in [0.4, 0.5) is 0 Å². The van der Waals surface area contributed by atoms with E-state index in [1.165, 1.54) is 5.56 Å². The monoisotopic (exact) mass is 281 g/mol. The van der Waals surface area contributed by atoms with Gasteiger partial charge in [-0.1, -0.05) is 42.5 Å². The molecule has 3 heteroatoms. The first-order valence-corrected chi connectivity index (χ1v) is 7.26. The van der Waals surface area contributed by atoms with E-state index in [-0.39, 0.29) is 17.7 Å². The van der Waals surface area contributed by atoms with Crippen LogP contribution in [0.3, 0.4) is 0 Å². The fourth-order valence-electron chi connectivity index (χ4n) is 3.06. The zero-order valence-corrected chi connectivity index (χ0v) is 12.1. The first kappa shape index (κ1) is 13.7. The van der Waals surface area contributed by atoms with Crippen LogP contribution in [0.25, 0.3) is 0 Å². The maximum Gasteiger partial charge on any atom is 0.228 e. The second-order valence-corrected chi connectivity index (χ2v) is 5.35. The summed E-state index contributed by atoms with van der Waals surface area (Å²) >= 11 is 0. The highest BCUT2D eigenvalue weighted by Crippen LogP contribution is 2.38. The molecule has 1 N–H and O–H groups in total. The minimum atomic E-state index is -0.132. The van der Waals surface area contributed by atoms with Crippen molar-refractivity contribution in [2.75, 3.05) is 13.7 Å². The summed E-state index contributed by atoms with van der Waals surface area (Å²) in [5.74, 6) is 1.02. The van der Waals surface area contributed by atoms with Gasteiger partial charge in [0.2, 0.25) is 5.91 Å². The number of carbonyl (C=O) groups excluding carboxylic acids is 1. The molecule has 2 aromatic rings. The summed E-state index contributed by atoms with van der Waals surface area (Å²) in [5.41, 5.74) is 2.27. The zero-order chi connectivity index (χ0) is 14.7. The summed E-state index contributed by atoms with van der Waals surface area (Å²) in [4.78, 5) is 12.4. The van der Waals surface area contributed by atoms with Gasteiger partial charge in [-0.2, -0.15) is 0 Å². The molecule has 0 aliphatic carbocycles. The summed E-state index contributed by atoms with van der Waals surface area (Å²) in [6.07, 6.45) is 0.965. The van der Waals surface area contributed by atoms with Crippen molar-refractivity contribution in [2.45, 2.75) is 18.3 Å². The lowest BCUT2D eigenvalue weighted by Gasteiger charge is -2.31. The standard InChI is InChI=1S/C18H19NO2/c1-21-15-9-7-14(8-10-15)17-16(11-12-19-18(17)20)13-5-3-2-4-6-13/h2-10,16-17H,11-12H2,1H3,(H,19,20)/t16-,17+/m0/s1. The van der Waals surface area contributed by atoms with Crippen LogP contribution in [0.2, 0.25) is 0 Å². The molecule has 21 heavy (non-hydrogen) atoms. The number of amides is 1. The van der Waals surface area contributed by atoms with Gasteiger partial charge < -0.3 is 10.1 Å². The molecule has 0 saturated carbocycles. The van der Waals surface area contributed by atoms with Gasteiger partial charge in [0, 0.05) is 12.5 Å². The van der Waals surface area contributed by atoms with Crippen LogP contribution in [0.5, 0.6) is 5.75 Å². The average molecular weight is 281 g/mol. The van der Waals surface area contributed by atoms with Crippen LogP contribution < -0.4 is 10.1 Å². The van der Waals surface area contributed by atoms with E-state index in [0.717, 1.165) is 24.3 Å². The highest BCUT2D eigenvalue weighted by molar-refractivity contribution is 5.85. The predicted molar refractivity (Wildman–Crippen MR) is 82.5 cm³/mol. The third-order valence-electron chi connectivity index (χ3n) is 4.14. The lowest BCUT2D eigenvalue weighted by atomic mass is 9.77. The smallest absolute Gasteiger partial charge is 0.228 e. The molecule has 1 amide bonds. The van der Waals surface area contributed by atoms with Crippen molar-refractivity contribution in [3.8, 4) is 5.75 Å². The van der Waals surface area contributed by atoms with Gasteiger partial charge in [-0.3, -0.25) is 4.79 Å². The Labute approximate surface area is 124 Å². The van der Waals surface area contributed by atoms with Gasteiger partial charge in [0.25, 0.3) is 0 Å². The third kappa shape index (κ3) is 2.77. The van der Waals surface area contributed by atoms with Gasteiger partial charge in [0.1, 0.15) is 5.75 Å². The number of hydrogen-bond donors (Lipinski definition) is 1. The molecule has 3 rings (SSSR count). The first-order chi connectivity index (χ1) is 10.3. The van der Waals surface area contributed by atoms with Crippen molar-refractivity contribution in [1.82, 2.24) is 5.32 Å². The summed E-state index contributed by atoms with van der Waals surface area (Å²) < 4.78 is 5.19. The van der Waals surface area contributed by atoms with E-state index in [0.29, 0.717) is 0 Å². The Morgan fingerprint density at radius 1 is 1.00 bits per heavy atom. The number of benzene rings is 2. The van der Waals surface area contributed by atoms with Crippen LogP contribution in [0.1, 0.15) is 29.4 Å². The van der Waals surface area contributed by atoms with Crippen molar-refractivity contribution in [1.29, 1.82) is 0 Å². The molecule has 1 fully saturated rings. The van der Waals surface area contributed by atoms with Crippen LogP contribution in [0.15, 0.2) is 54.6 Å². The lowest BCUT2D eigenvalue weighted by Crippen LogP contribution is -2.39. The Morgan fingerprint density at radius 3 is 2.38 bits per heavy atom. The average Bonchev–Trinajstić information content (AvgIpc) is 2.55. The Kier molecular flexibility index (Phi) is 3.91. The van der Waals surface area contributed by atoms with E-state index in [9.17, 15) is 4.79 Å². The maximum atomic E-state index is 12.4. The SMILES string of the molecule is COc1ccc([C@H]2C(=O)NCC[C@H]2c2ccccc2)cc1. The molecule has 2 aromatic carbocycles. The quantitative estimate of drug-likeness (QED) is 0.939. The summed E-state index contributed by atoms with van der Waals surface area (Å²) in [7, 11) is 1.65. The van der Waals surface area contributed by atoms with E-state index < -0.39 is 0 Å². The van der Waals surface area contributed by atoms with Gasteiger partial charge in [-0.05, 0) is 29.7 Å². The minimum Gasteiger partial charge on any atom is -0.497 e. The summed E-state index contributed by atoms with van der Waals surface area (Å²) in [6.45, 7) is 0.741. The second kappa shape index (κ2) is 6.00. The topological polar surface area (TPSA) is 38.3 Å². The van der Waals surface area contributed by atoms with Crippen molar-refractivity contribution >= 4 is 5.91 Å². The van der Waals surface area contributed by atoms with E-state index in [1.807, 2.05) is 42.5 Å². The Balaban J connectivity index is 1.96. The molecular formula is C18H19NO2. The van der Waals surface area contributed by atoms with Crippen LogP contribution in [-0.2, 0) is 4.79 Å². The van der Waals surface area contributed by atoms with E-state index >= 15 is 0 Å². The second-order valence-electron chi connectivity index (χ2n) is 5.35. The van der Waals surface area contributed by atoms with Crippen LogP contribution >= 0.6 is 0 Å². The Morgan fingerprint density at radius 2 is 1.71 bits per heavy atom. The molecule has 1 aliphatic rings. The summed E-state index contributed by atoms with van der Waals surface area (Å²) in [5, 5.41) is 2.99. The van der Waals surface area contributed by atoms with Crippen molar-refractivity contribution < 1.29 is 9.53 Å². The van der Waals surface area contributed by atoms with E-state index in [4.69, 9.17) is 4.74 Å². The van der Waals surface area contributed by atoms with E-state index in [1.54, 1.807) is 7.11 Å². The number of ether oxygens (including phenoxy) is 1. The van der Waals surface area contributed by atoms with Crippen molar-refractivity contribution in [3.63, 3.8) is 0 Å². The highest BCUT2D eigenvalue weighted by Gasteiger charge is 2.34. The van der Waals surface area contributed by atoms with Crippen molar-refractivity contribution in [2.24, 2.45) is 0 Å². The molecule has 0 bridgehead atoms. The number of nitrogens with one attached hydrogen (secondary N) is 1. The highest BCUT2D eigenvalue weighted by atomic mass is 16.5. The zero-order valence-electron chi connectivity index (χ0n) is 12.1. The molecule has 0 aromatic heterocycles. The first-order valence-electron chi connectivity index (χ1n) is 7.26. The van der Waals surface area contributed by atoms with Gasteiger partial charge in [0.05, 0.1) is 13.0 Å². The molecule has 0 radical (unpaired) electrons. The Bertz CT molecular complexity index is 607. The van der Waals surface area contributed by atoms with E-state index in [2.05, 4.69) is 17.4 Å². The fourth-order valence-corrected chi connectivity index (χ4v) is 3.06. The van der Waals surface area contributed by atoms with Gasteiger partial charge in [-0.15, -0.1) is 0 Å². The van der Waals surface area contributed by atoms with Gasteiger partial charge >= 0.3 is 0 Å². The van der Waals surface area contributed by atoms with Crippen LogP contribution in [0, 0.1) is 0 Å². The number of methoxy groups -OCH3 is 1. The fraction of sp³-hybridized carbons (Fsp3) is 0.278. The number of piperidine rings is 1. The molecule has 2 atom stereocenters. The lowest BCUT2D eigenvalue weighted by molar-refractivity contribution is -0.124. The number of rotatable bonds is 3. The maximum absolute atomic E-state index is 12.4. The van der Waals surface area contributed by atoms with Gasteiger partial charge in [0.15, 0.2) is 0 Å². The molecule has 1 saturated heterocycles. The molecular weight excluding hydrogens is 262 g/mol. The Hall–Kier alpha value is -2.29. The number of carbonyl (C=O) groups is 1. The predicted octanol–water partition coefficient (Wildman–Crippen LogP) is 3.08. The minimum absolute atomic E-state index is 0.111. The molecule has 3 nitrogen and oxygen atoms in total. The van der Waals surface area contributed by atoms with Gasteiger partial charge in [-0.25, -0.2) is 0 Å². The third-order valence-corrected chi connectivity index (χ3v) is 4.14. The normalized spacial score (nSPS) is 21.7. The molecule has 0 spiro atoms. The molecule has 1 aliphatic heterocycles. The van der Waals surface area contributed by atoms with Crippen molar-refractivity contribution in [3.05, 3.63) is 65.7 Å².